The van der Waals surface area contributed by atoms with Gasteiger partial charge in [0.05, 0.1) is 0 Å². The number of likely N-dealkylation sites (tertiary alicyclic amines) is 1. The van der Waals surface area contributed by atoms with Crippen LogP contribution in [0.3, 0.4) is 0 Å². The molecule has 3 aliphatic rings. The Morgan fingerprint density at radius 1 is 1.05 bits per heavy atom. The van der Waals surface area contributed by atoms with Crippen molar-refractivity contribution >= 4 is 5.91 Å². The standard InChI is InChI=1S/C16H29N3O/c17-11-12-3-1-2-4-15(12)16(20)18-13-7-9-19(10-8-13)14-5-6-14/h12-15H,1-11,17H2,(H,18,20). The van der Waals surface area contributed by atoms with E-state index in [1.807, 2.05) is 0 Å². The Balaban J connectivity index is 1.46. The molecule has 1 amide bonds. The number of amides is 1. The van der Waals surface area contributed by atoms with Crippen molar-refractivity contribution in [1.29, 1.82) is 0 Å². The molecule has 3 fully saturated rings. The van der Waals surface area contributed by atoms with Gasteiger partial charge in [-0.3, -0.25) is 4.79 Å². The molecule has 1 heterocycles. The fourth-order valence-electron chi connectivity index (χ4n) is 3.99. The van der Waals surface area contributed by atoms with Crippen molar-refractivity contribution in [3.8, 4) is 0 Å². The first-order valence-corrected chi connectivity index (χ1v) is 8.52. The minimum absolute atomic E-state index is 0.176. The summed E-state index contributed by atoms with van der Waals surface area (Å²) >= 11 is 0. The molecule has 0 aromatic heterocycles. The van der Waals surface area contributed by atoms with Crippen LogP contribution in [0, 0.1) is 11.8 Å². The van der Waals surface area contributed by atoms with Crippen LogP contribution in [0.1, 0.15) is 51.4 Å². The summed E-state index contributed by atoms with van der Waals surface area (Å²) in [6.07, 6.45) is 9.63. The van der Waals surface area contributed by atoms with E-state index in [0.717, 1.165) is 31.7 Å². The summed E-state index contributed by atoms with van der Waals surface area (Å²) in [6.45, 7) is 3.00. The van der Waals surface area contributed by atoms with Gasteiger partial charge in [0.2, 0.25) is 5.91 Å². The molecule has 4 heteroatoms. The van der Waals surface area contributed by atoms with Gasteiger partial charge < -0.3 is 16.0 Å². The van der Waals surface area contributed by atoms with Crippen LogP contribution in [0.15, 0.2) is 0 Å². The SMILES string of the molecule is NCC1CCCCC1C(=O)NC1CCN(C2CC2)CC1. The van der Waals surface area contributed by atoms with E-state index in [0.29, 0.717) is 18.5 Å². The van der Waals surface area contributed by atoms with Gasteiger partial charge >= 0.3 is 0 Å². The number of hydrogen-bond donors (Lipinski definition) is 2. The molecule has 2 saturated carbocycles. The van der Waals surface area contributed by atoms with Crippen molar-refractivity contribution in [1.82, 2.24) is 10.2 Å². The number of carbonyl (C=O) groups is 1. The average Bonchev–Trinajstić information content (AvgIpc) is 3.32. The monoisotopic (exact) mass is 279 g/mol. The summed E-state index contributed by atoms with van der Waals surface area (Å²) in [5, 5.41) is 3.31. The molecule has 114 valence electrons. The van der Waals surface area contributed by atoms with E-state index < -0.39 is 0 Å². The summed E-state index contributed by atoms with van der Waals surface area (Å²) in [5.74, 6) is 0.871. The first-order valence-electron chi connectivity index (χ1n) is 8.52. The molecular weight excluding hydrogens is 250 g/mol. The molecule has 2 aliphatic carbocycles. The van der Waals surface area contributed by atoms with Gasteiger partial charge in [-0.05, 0) is 51.0 Å². The van der Waals surface area contributed by atoms with Crippen molar-refractivity contribution in [3.63, 3.8) is 0 Å². The number of hydrogen-bond acceptors (Lipinski definition) is 3. The molecule has 0 aromatic carbocycles. The predicted molar refractivity (Wildman–Crippen MR) is 80.3 cm³/mol. The van der Waals surface area contributed by atoms with Crippen LogP contribution < -0.4 is 11.1 Å². The Morgan fingerprint density at radius 3 is 2.40 bits per heavy atom. The zero-order valence-electron chi connectivity index (χ0n) is 12.5. The summed E-state index contributed by atoms with van der Waals surface area (Å²) in [5.41, 5.74) is 5.84. The zero-order valence-corrected chi connectivity index (χ0v) is 12.5. The summed E-state index contributed by atoms with van der Waals surface area (Å²) < 4.78 is 0. The predicted octanol–water partition coefficient (Wildman–Crippen LogP) is 1.49. The molecule has 0 aromatic rings. The lowest BCUT2D eigenvalue weighted by atomic mass is 9.78. The molecule has 1 aliphatic heterocycles. The van der Waals surface area contributed by atoms with Gasteiger partial charge in [-0.25, -0.2) is 0 Å². The first kappa shape index (κ1) is 14.3. The van der Waals surface area contributed by atoms with Crippen molar-refractivity contribution in [2.24, 2.45) is 17.6 Å². The van der Waals surface area contributed by atoms with Gasteiger partial charge in [-0.15, -0.1) is 0 Å². The summed E-state index contributed by atoms with van der Waals surface area (Å²) in [4.78, 5) is 15.1. The summed E-state index contributed by atoms with van der Waals surface area (Å²) in [7, 11) is 0. The quantitative estimate of drug-likeness (QED) is 0.820. The van der Waals surface area contributed by atoms with Gasteiger partial charge in [0, 0.05) is 31.1 Å². The Morgan fingerprint density at radius 2 is 1.75 bits per heavy atom. The molecule has 20 heavy (non-hydrogen) atoms. The summed E-state index contributed by atoms with van der Waals surface area (Å²) in [6, 6.07) is 1.27. The van der Waals surface area contributed by atoms with Crippen LogP contribution in [0.5, 0.6) is 0 Å². The average molecular weight is 279 g/mol. The van der Waals surface area contributed by atoms with Crippen molar-refractivity contribution in [2.45, 2.75) is 63.5 Å². The van der Waals surface area contributed by atoms with Crippen LogP contribution in [0.25, 0.3) is 0 Å². The van der Waals surface area contributed by atoms with E-state index >= 15 is 0 Å². The third kappa shape index (κ3) is 3.34. The maximum absolute atomic E-state index is 12.5. The van der Waals surface area contributed by atoms with Crippen LogP contribution in [-0.2, 0) is 4.79 Å². The molecule has 3 N–H and O–H groups in total. The van der Waals surface area contributed by atoms with Gasteiger partial charge in [0.1, 0.15) is 0 Å². The molecule has 0 bridgehead atoms. The van der Waals surface area contributed by atoms with Gasteiger partial charge in [-0.2, -0.15) is 0 Å². The number of carbonyl (C=O) groups excluding carboxylic acids is 1. The van der Waals surface area contributed by atoms with Gasteiger partial charge in [-0.1, -0.05) is 12.8 Å². The number of nitrogens with two attached hydrogens (primary N) is 1. The van der Waals surface area contributed by atoms with Crippen LogP contribution in [0.4, 0.5) is 0 Å². The number of nitrogens with one attached hydrogen (secondary N) is 1. The van der Waals surface area contributed by atoms with Gasteiger partial charge in [0.25, 0.3) is 0 Å². The van der Waals surface area contributed by atoms with Crippen molar-refractivity contribution in [3.05, 3.63) is 0 Å². The Kier molecular flexibility index (Phi) is 4.61. The molecule has 2 atom stereocenters. The molecular formula is C16H29N3O. The largest absolute Gasteiger partial charge is 0.353 e. The highest BCUT2D eigenvalue weighted by Crippen LogP contribution is 2.31. The Hall–Kier alpha value is -0.610. The smallest absolute Gasteiger partial charge is 0.223 e. The second-order valence-corrected chi connectivity index (χ2v) is 6.94. The second kappa shape index (κ2) is 6.44. The van der Waals surface area contributed by atoms with Crippen LogP contribution >= 0.6 is 0 Å². The molecule has 0 spiro atoms. The molecule has 3 rings (SSSR count). The second-order valence-electron chi connectivity index (χ2n) is 6.94. The fraction of sp³-hybridized carbons (Fsp3) is 0.938. The molecule has 0 radical (unpaired) electrons. The zero-order chi connectivity index (χ0) is 13.9. The van der Waals surface area contributed by atoms with Crippen LogP contribution in [0.2, 0.25) is 0 Å². The van der Waals surface area contributed by atoms with Crippen molar-refractivity contribution in [2.75, 3.05) is 19.6 Å². The minimum Gasteiger partial charge on any atom is -0.353 e. The Labute approximate surface area is 122 Å². The lowest BCUT2D eigenvalue weighted by molar-refractivity contribution is -0.128. The molecule has 2 unspecified atom stereocenters. The van der Waals surface area contributed by atoms with Crippen LogP contribution in [-0.4, -0.2) is 42.5 Å². The number of piperidine rings is 1. The van der Waals surface area contributed by atoms with E-state index in [2.05, 4.69) is 10.2 Å². The number of nitrogens with zero attached hydrogens (tertiary/aromatic N) is 1. The topological polar surface area (TPSA) is 58.4 Å². The Bertz CT molecular complexity index is 335. The van der Waals surface area contributed by atoms with E-state index in [-0.39, 0.29) is 11.8 Å². The lowest BCUT2D eigenvalue weighted by Crippen LogP contribution is -2.48. The minimum atomic E-state index is 0.176. The lowest BCUT2D eigenvalue weighted by Gasteiger charge is -2.35. The fourth-order valence-corrected chi connectivity index (χ4v) is 3.99. The van der Waals surface area contributed by atoms with Gasteiger partial charge in [0.15, 0.2) is 0 Å². The first-order chi connectivity index (χ1) is 9.78. The third-order valence-corrected chi connectivity index (χ3v) is 5.49. The number of rotatable bonds is 4. The van der Waals surface area contributed by atoms with E-state index in [9.17, 15) is 4.79 Å². The highest BCUT2D eigenvalue weighted by Gasteiger charge is 2.34. The molecule has 4 nitrogen and oxygen atoms in total. The maximum Gasteiger partial charge on any atom is 0.223 e. The van der Waals surface area contributed by atoms with E-state index in [4.69, 9.17) is 5.73 Å². The van der Waals surface area contributed by atoms with E-state index in [1.54, 1.807) is 0 Å². The molecule has 1 saturated heterocycles. The normalized spacial score (nSPS) is 33.0. The maximum atomic E-state index is 12.5. The highest BCUT2D eigenvalue weighted by atomic mass is 16.2. The third-order valence-electron chi connectivity index (χ3n) is 5.49. The van der Waals surface area contributed by atoms with Crippen molar-refractivity contribution < 1.29 is 4.79 Å². The highest BCUT2D eigenvalue weighted by molar-refractivity contribution is 5.79. The van der Waals surface area contributed by atoms with E-state index in [1.165, 1.54) is 38.8 Å².